The SMILES string of the molecule is CC1(C)CCCN1Cc1ccc2nc(N)sc2c1. The molecule has 18 heavy (non-hydrogen) atoms. The first-order chi connectivity index (χ1) is 8.54. The van der Waals surface area contributed by atoms with Gasteiger partial charge in [0.25, 0.3) is 0 Å². The van der Waals surface area contributed by atoms with Gasteiger partial charge in [-0.1, -0.05) is 17.4 Å². The van der Waals surface area contributed by atoms with E-state index in [1.165, 1.54) is 29.6 Å². The molecule has 0 amide bonds. The summed E-state index contributed by atoms with van der Waals surface area (Å²) in [5.41, 5.74) is 8.46. The van der Waals surface area contributed by atoms with Crippen molar-refractivity contribution < 1.29 is 0 Å². The summed E-state index contributed by atoms with van der Waals surface area (Å²) in [6.45, 7) is 6.91. The first-order valence-corrected chi connectivity index (χ1v) is 7.26. The summed E-state index contributed by atoms with van der Waals surface area (Å²) in [5, 5.41) is 0.656. The van der Waals surface area contributed by atoms with E-state index in [4.69, 9.17) is 5.73 Å². The molecule has 0 bridgehead atoms. The minimum Gasteiger partial charge on any atom is -0.375 e. The topological polar surface area (TPSA) is 42.2 Å². The zero-order chi connectivity index (χ0) is 12.8. The third kappa shape index (κ3) is 2.10. The normalized spacial score (nSPS) is 19.7. The third-order valence-corrected chi connectivity index (χ3v) is 4.76. The van der Waals surface area contributed by atoms with Crippen molar-refractivity contribution in [2.45, 2.75) is 38.8 Å². The molecule has 96 valence electrons. The molecule has 0 aliphatic carbocycles. The fourth-order valence-corrected chi connectivity index (χ4v) is 3.56. The Bertz CT molecular complexity index is 573. The van der Waals surface area contributed by atoms with Crippen molar-refractivity contribution >= 4 is 26.7 Å². The highest BCUT2D eigenvalue weighted by Crippen LogP contribution is 2.31. The number of hydrogen-bond acceptors (Lipinski definition) is 4. The number of thiazole rings is 1. The fraction of sp³-hybridized carbons (Fsp3) is 0.500. The third-order valence-electron chi connectivity index (χ3n) is 3.92. The molecule has 3 rings (SSSR count). The van der Waals surface area contributed by atoms with Crippen molar-refractivity contribution in [3.63, 3.8) is 0 Å². The summed E-state index contributed by atoms with van der Waals surface area (Å²) < 4.78 is 1.20. The summed E-state index contributed by atoms with van der Waals surface area (Å²) in [6, 6.07) is 6.49. The first kappa shape index (κ1) is 11.9. The highest BCUT2D eigenvalue weighted by atomic mass is 32.1. The van der Waals surface area contributed by atoms with Gasteiger partial charge in [0.1, 0.15) is 0 Å². The van der Waals surface area contributed by atoms with E-state index in [2.05, 4.69) is 41.9 Å². The molecule has 1 saturated heterocycles. The van der Waals surface area contributed by atoms with Crippen molar-refractivity contribution in [2.24, 2.45) is 0 Å². The van der Waals surface area contributed by atoms with Gasteiger partial charge < -0.3 is 5.73 Å². The van der Waals surface area contributed by atoms with Gasteiger partial charge in [-0.25, -0.2) is 4.98 Å². The number of fused-ring (bicyclic) bond motifs is 1. The number of nitrogen functional groups attached to an aromatic ring is 1. The number of likely N-dealkylation sites (tertiary alicyclic amines) is 1. The molecule has 0 atom stereocenters. The van der Waals surface area contributed by atoms with Crippen LogP contribution < -0.4 is 5.73 Å². The van der Waals surface area contributed by atoms with Crippen LogP contribution in [0.2, 0.25) is 0 Å². The lowest BCUT2D eigenvalue weighted by Gasteiger charge is -2.31. The van der Waals surface area contributed by atoms with Crippen LogP contribution in [-0.2, 0) is 6.54 Å². The molecule has 1 aliphatic rings. The van der Waals surface area contributed by atoms with Crippen molar-refractivity contribution in [3.05, 3.63) is 23.8 Å². The highest BCUT2D eigenvalue weighted by Gasteiger charge is 2.31. The number of nitrogens with two attached hydrogens (primary N) is 1. The number of hydrogen-bond donors (Lipinski definition) is 1. The summed E-state index contributed by atoms with van der Waals surface area (Å²) in [6.07, 6.45) is 2.60. The fourth-order valence-electron chi connectivity index (χ4n) is 2.76. The van der Waals surface area contributed by atoms with Crippen molar-refractivity contribution in [2.75, 3.05) is 12.3 Å². The van der Waals surface area contributed by atoms with Crippen LogP contribution in [0.25, 0.3) is 10.2 Å². The van der Waals surface area contributed by atoms with E-state index in [9.17, 15) is 0 Å². The Morgan fingerprint density at radius 1 is 1.44 bits per heavy atom. The second-order valence-corrected chi connectivity index (χ2v) is 6.75. The maximum absolute atomic E-state index is 5.74. The van der Waals surface area contributed by atoms with Crippen molar-refractivity contribution in [1.82, 2.24) is 9.88 Å². The van der Waals surface area contributed by atoms with Crippen LogP contribution in [-0.4, -0.2) is 22.0 Å². The standard InChI is InChI=1S/C14H19N3S/c1-14(2)6-3-7-17(14)9-10-4-5-11-12(8-10)18-13(15)16-11/h4-5,8H,3,6-7,9H2,1-2H3,(H2,15,16). The molecule has 2 heterocycles. The average Bonchev–Trinajstić information content (AvgIpc) is 2.81. The highest BCUT2D eigenvalue weighted by molar-refractivity contribution is 7.22. The summed E-state index contributed by atoms with van der Waals surface area (Å²) in [7, 11) is 0. The van der Waals surface area contributed by atoms with Gasteiger partial charge in [-0.05, 0) is 50.9 Å². The average molecular weight is 261 g/mol. The summed E-state index contributed by atoms with van der Waals surface area (Å²) >= 11 is 1.57. The van der Waals surface area contributed by atoms with Crippen LogP contribution in [0.3, 0.4) is 0 Å². The molecule has 0 spiro atoms. The number of nitrogens with zero attached hydrogens (tertiary/aromatic N) is 2. The van der Waals surface area contributed by atoms with Crippen LogP contribution in [0, 0.1) is 0 Å². The number of anilines is 1. The predicted octanol–water partition coefficient (Wildman–Crippen LogP) is 3.25. The Morgan fingerprint density at radius 3 is 3.00 bits per heavy atom. The van der Waals surface area contributed by atoms with E-state index in [0.717, 1.165) is 12.1 Å². The zero-order valence-electron chi connectivity index (χ0n) is 10.9. The second kappa shape index (κ2) is 4.21. The number of aromatic nitrogens is 1. The molecule has 1 aromatic carbocycles. The van der Waals surface area contributed by atoms with Crippen LogP contribution >= 0.6 is 11.3 Å². The first-order valence-electron chi connectivity index (χ1n) is 6.45. The number of benzene rings is 1. The summed E-state index contributed by atoms with van der Waals surface area (Å²) in [5.74, 6) is 0. The molecule has 0 unspecified atom stereocenters. The van der Waals surface area contributed by atoms with E-state index >= 15 is 0 Å². The monoisotopic (exact) mass is 261 g/mol. The Balaban J connectivity index is 1.86. The molecule has 1 fully saturated rings. The van der Waals surface area contributed by atoms with Gasteiger partial charge in [0.2, 0.25) is 0 Å². The van der Waals surface area contributed by atoms with Crippen molar-refractivity contribution in [1.29, 1.82) is 0 Å². The van der Waals surface area contributed by atoms with E-state index in [0.29, 0.717) is 10.7 Å². The van der Waals surface area contributed by atoms with Crippen LogP contribution in [0.15, 0.2) is 18.2 Å². The maximum atomic E-state index is 5.74. The molecule has 4 heteroatoms. The van der Waals surface area contributed by atoms with Gasteiger partial charge in [0.05, 0.1) is 10.2 Å². The number of rotatable bonds is 2. The second-order valence-electron chi connectivity index (χ2n) is 5.69. The molecule has 0 radical (unpaired) electrons. The van der Waals surface area contributed by atoms with Gasteiger partial charge in [-0.2, -0.15) is 0 Å². The molecule has 2 N–H and O–H groups in total. The van der Waals surface area contributed by atoms with Gasteiger partial charge in [0, 0.05) is 12.1 Å². The Hall–Kier alpha value is -1.13. The Morgan fingerprint density at radius 2 is 2.28 bits per heavy atom. The minimum atomic E-state index is 0.335. The predicted molar refractivity (Wildman–Crippen MR) is 77.8 cm³/mol. The van der Waals surface area contributed by atoms with Crippen LogP contribution in [0.1, 0.15) is 32.3 Å². The van der Waals surface area contributed by atoms with Gasteiger partial charge >= 0.3 is 0 Å². The minimum absolute atomic E-state index is 0.335. The van der Waals surface area contributed by atoms with E-state index < -0.39 is 0 Å². The Labute approximate surface area is 112 Å². The lowest BCUT2D eigenvalue weighted by Crippen LogP contribution is -2.37. The maximum Gasteiger partial charge on any atom is 0.181 e. The molecule has 1 aliphatic heterocycles. The quantitative estimate of drug-likeness (QED) is 0.902. The molecule has 0 saturated carbocycles. The van der Waals surface area contributed by atoms with E-state index in [1.54, 1.807) is 11.3 Å². The van der Waals surface area contributed by atoms with Crippen LogP contribution in [0.4, 0.5) is 5.13 Å². The molecule has 3 nitrogen and oxygen atoms in total. The molecule has 1 aromatic heterocycles. The largest absolute Gasteiger partial charge is 0.375 e. The zero-order valence-corrected chi connectivity index (χ0v) is 11.8. The van der Waals surface area contributed by atoms with Gasteiger partial charge in [-0.3, -0.25) is 4.90 Å². The molecular formula is C14H19N3S. The van der Waals surface area contributed by atoms with E-state index in [1.807, 2.05) is 0 Å². The van der Waals surface area contributed by atoms with Gasteiger partial charge in [0.15, 0.2) is 5.13 Å². The lowest BCUT2D eigenvalue weighted by atomic mass is 10.0. The molecular weight excluding hydrogens is 242 g/mol. The smallest absolute Gasteiger partial charge is 0.181 e. The van der Waals surface area contributed by atoms with Gasteiger partial charge in [-0.15, -0.1) is 0 Å². The van der Waals surface area contributed by atoms with Crippen LogP contribution in [0.5, 0.6) is 0 Å². The summed E-state index contributed by atoms with van der Waals surface area (Å²) in [4.78, 5) is 6.87. The Kier molecular flexibility index (Phi) is 2.79. The van der Waals surface area contributed by atoms with E-state index in [-0.39, 0.29) is 0 Å². The lowest BCUT2D eigenvalue weighted by molar-refractivity contribution is 0.166. The van der Waals surface area contributed by atoms with Crippen molar-refractivity contribution in [3.8, 4) is 0 Å². The molecule has 2 aromatic rings.